The number of nitrogens with two attached hydrogens (primary N) is 1. The second kappa shape index (κ2) is 4.65. The van der Waals surface area contributed by atoms with Gasteiger partial charge < -0.3 is 10.5 Å². The van der Waals surface area contributed by atoms with Crippen molar-refractivity contribution in [2.45, 2.75) is 13.8 Å². The van der Waals surface area contributed by atoms with Crippen LogP contribution in [0.1, 0.15) is 13.8 Å². The Morgan fingerprint density at radius 2 is 2.00 bits per heavy atom. The molecule has 0 heterocycles. The zero-order chi connectivity index (χ0) is 10.6. The van der Waals surface area contributed by atoms with Gasteiger partial charge in [0.1, 0.15) is 17.3 Å². The van der Waals surface area contributed by atoms with E-state index < -0.39 is 0 Å². The number of ether oxygens (including phenoxy) is 1. The molecule has 3 heteroatoms. The van der Waals surface area contributed by atoms with Crippen LogP contribution in [0.4, 0.5) is 5.69 Å². The molecule has 0 amide bonds. The van der Waals surface area contributed by atoms with Crippen molar-refractivity contribution in [2.75, 3.05) is 7.11 Å². The van der Waals surface area contributed by atoms with Gasteiger partial charge in [0.15, 0.2) is 0 Å². The van der Waals surface area contributed by atoms with Crippen LogP contribution >= 0.6 is 0 Å². The average Bonchev–Trinajstić information content (AvgIpc) is 2.18. The van der Waals surface area contributed by atoms with Gasteiger partial charge in [-0.05, 0) is 12.1 Å². The molecule has 0 saturated carbocycles. The minimum Gasteiger partial charge on any atom is -0.494 e. The summed E-state index contributed by atoms with van der Waals surface area (Å²) in [4.78, 5) is 4.30. The Hall–Kier alpha value is -1.51. The van der Waals surface area contributed by atoms with E-state index in [2.05, 4.69) is 4.99 Å². The SMILES string of the molecule is COc1ccccc1N=C(N)C(C)C. The first-order valence-electron chi connectivity index (χ1n) is 4.62. The van der Waals surface area contributed by atoms with Crippen LogP contribution in [0.5, 0.6) is 5.75 Å². The molecule has 0 radical (unpaired) electrons. The summed E-state index contributed by atoms with van der Waals surface area (Å²) in [5, 5.41) is 0. The lowest BCUT2D eigenvalue weighted by Gasteiger charge is -2.06. The summed E-state index contributed by atoms with van der Waals surface area (Å²) >= 11 is 0. The summed E-state index contributed by atoms with van der Waals surface area (Å²) < 4.78 is 5.16. The molecule has 14 heavy (non-hydrogen) atoms. The van der Waals surface area contributed by atoms with Crippen LogP contribution in [0.2, 0.25) is 0 Å². The molecule has 0 unspecified atom stereocenters. The number of hydrogen-bond donors (Lipinski definition) is 1. The third-order valence-electron chi connectivity index (χ3n) is 1.93. The van der Waals surface area contributed by atoms with Crippen LogP contribution < -0.4 is 10.5 Å². The summed E-state index contributed by atoms with van der Waals surface area (Å²) in [5.41, 5.74) is 6.55. The highest BCUT2D eigenvalue weighted by Gasteiger charge is 2.03. The number of benzene rings is 1. The number of para-hydroxylation sites is 2. The van der Waals surface area contributed by atoms with Crippen molar-refractivity contribution in [3.05, 3.63) is 24.3 Å². The maximum Gasteiger partial charge on any atom is 0.144 e. The molecule has 0 atom stereocenters. The third-order valence-corrected chi connectivity index (χ3v) is 1.93. The number of hydrogen-bond acceptors (Lipinski definition) is 2. The predicted octanol–water partition coefficient (Wildman–Crippen LogP) is 2.34. The first-order chi connectivity index (χ1) is 6.65. The minimum absolute atomic E-state index is 0.250. The Balaban J connectivity index is 3.01. The number of rotatable bonds is 3. The van der Waals surface area contributed by atoms with E-state index in [1.54, 1.807) is 7.11 Å². The minimum atomic E-state index is 0.250. The van der Waals surface area contributed by atoms with Crippen molar-refractivity contribution < 1.29 is 4.74 Å². The first kappa shape index (κ1) is 10.6. The highest BCUT2D eigenvalue weighted by atomic mass is 16.5. The molecule has 0 aliphatic rings. The molecule has 0 aliphatic heterocycles. The van der Waals surface area contributed by atoms with Gasteiger partial charge in [-0.1, -0.05) is 26.0 Å². The number of aliphatic imine (C=N–C) groups is 1. The zero-order valence-corrected chi connectivity index (χ0v) is 8.82. The summed E-state index contributed by atoms with van der Waals surface area (Å²) in [6.45, 7) is 4.02. The maximum atomic E-state index is 5.77. The second-order valence-electron chi connectivity index (χ2n) is 3.36. The van der Waals surface area contributed by atoms with E-state index in [1.165, 1.54) is 0 Å². The van der Waals surface area contributed by atoms with E-state index in [-0.39, 0.29) is 5.92 Å². The van der Waals surface area contributed by atoms with E-state index in [4.69, 9.17) is 10.5 Å². The number of nitrogens with zero attached hydrogens (tertiary/aromatic N) is 1. The molecule has 0 bridgehead atoms. The molecular formula is C11H16N2O. The lowest BCUT2D eigenvalue weighted by Crippen LogP contribution is -2.18. The van der Waals surface area contributed by atoms with Crippen molar-refractivity contribution in [1.29, 1.82) is 0 Å². The maximum absolute atomic E-state index is 5.77. The fraction of sp³-hybridized carbons (Fsp3) is 0.364. The third kappa shape index (κ3) is 2.49. The van der Waals surface area contributed by atoms with Gasteiger partial charge in [0.2, 0.25) is 0 Å². The molecule has 0 aromatic heterocycles. The summed E-state index contributed by atoms with van der Waals surface area (Å²) in [7, 11) is 1.62. The standard InChI is InChI=1S/C11H16N2O/c1-8(2)11(12)13-9-6-4-5-7-10(9)14-3/h4-8H,1-3H3,(H2,12,13). The van der Waals surface area contributed by atoms with E-state index in [9.17, 15) is 0 Å². The van der Waals surface area contributed by atoms with Crippen LogP contribution in [0.15, 0.2) is 29.3 Å². The van der Waals surface area contributed by atoms with E-state index in [0.29, 0.717) is 5.84 Å². The monoisotopic (exact) mass is 192 g/mol. The van der Waals surface area contributed by atoms with E-state index >= 15 is 0 Å². The van der Waals surface area contributed by atoms with Gasteiger partial charge in [-0.25, -0.2) is 4.99 Å². The summed E-state index contributed by atoms with van der Waals surface area (Å²) in [6.07, 6.45) is 0. The second-order valence-corrected chi connectivity index (χ2v) is 3.36. The van der Waals surface area contributed by atoms with Crippen LogP contribution in [0.25, 0.3) is 0 Å². The normalized spacial score (nSPS) is 11.9. The Kier molecular flexibility index (Phi) is 3.51. The van der Waals surface area contributed by atoms with Gasteiger partial charge in [0.25, 0.3) is 0 Å². The van der Waals surface area contributed by atoms with Crippen LogP contribution in [0, 0.1) is 5.92 Å². The van der Waals surface area contributed by atoms with Crippen molar-refractivity contribution in [2.24, 2.45) is 16.6 Å². The summed E-state index contributed by atoms with van der Waals surface area (Å²) in [5.74, 6) is 1.62. The van der Waals surface area contributed by atoms with Crippen molar-refractivity contribution in [3.8, 4) is 5.75 Å². The quantitative estimate of drug-likeness (QED) is 0.590. The fourth-order valence-electron chi connectivity index (χ4n) is 0.990. The molecule has 0 spiro atoms. The fourth-order valence-corrected chi connectivity index (χ4v) is 0.990. The largest absolute Gasteiger partial charge is 0.494 e. The van der Waals surface area contributed by atoms with Crippen molar-refractivity contribution >= 4 is 11.5 Å². The van der Waals surface area contributed by atoms with Gasteiger partial charge in [-0.15, -0.1) is 0 Å². The first-order valence-corrected chi connectivity index (χ1v) is 4.62. The van der Waals surface area contributed by atoms with Gasteiger partial charge in [0.05, 0.1) is 7.11 Å². The van der Waals surface area contributed by atoms with E-state index in [1.807, 2.05) is 38.1 Å². The molecule has 2 N–H and O–H groups in total. The van der Waals surface area contributed by atoms with Crippen LogP contribution in [0.3, 0.4) is 0 Å². The molecule has 0 saturated heterocycles. The molecular weight excluding hydrogens is 176 g/mol. The number of methoxy groups -OCH3 is 1. The van der Waals surface area contributed by atoms with Gasteiger partial charge >= 0.3 is 0 Å². The molecule has 76 valence electrons. The summed E-state index contributed by atoms with van der Waals surface area (Å²) in [6, 6.07) is 7.57. The average molecular weight is 192 g/mol. The van der Waals surface area contributed by atoms with Crippen LogP contribution in [-0.4, -0.2) is 12.9 Å². The van der Waals surface area contributed by atoms with Crippen molar-refractivity contribution in [1.82, 2.24) is 0 Å². The van der Waals surface area contributed by atoms with Gasteiger partial charge in [-0.3, -0.25) is 0 Å². The number of amidine groups is 1. The molecule has 1 aromatic carbocycles. The van der Waals surface area contributed by atoms with Gasteiger partial charge in [-0.2, -0.15) is 0 Å². The van der Waals surface area contributed by atoms with Gasteiger partial charge in [0, 0.05) is 5.92 Å². The van der Waals surface area contributed by atoms with E-state index in [0.717, 1.165) is 11.4 Å². The molecule has 1 rings (SSSR count). The van der Waals surface area contributed by atoms with Crippen molar-refractivity contribution in [3.63, 3.8) is 0 Å². The Bertz CT molecular complexity index is 332. The lowest BCUT2D eigenvalue weighted by molar-refractivity contribution is 0.416. The smallest absolute Gasteiger partial charge is 0.144 e. The topological polar surface area (TPSA) is 47.6 Å². The predicted molar refractivity (Wildman–Crippen MR) is 59.1 cm³/mol. The Morgan fingerprint density at radius 3 is 2.57 bits per heavy atom. The Morgan fingerprint density at radius 1 is 1.36 bits per heavy atom. The molecule has 0 aliphatic carbocycles. The highest BCUT2D eigenvalue weighted by molar-refractivity contribution is 5.85. The highest BCUT2D eigenvalue weighted by Crippen LogP contribution is 2.26. The zero-order valence-electron chi connectivity index (χ0n) is 8.82. The van der Waals surface area contributed by atoms with Crippen LogP contribution in [-0.2, 0) is 0 Å². The molecule has 1 aromatic rings. The Labute approximate surface area is 84.6 Å². The lowest BCUT2D eigenvalue weighted by atomic mass is 10.2. The molecule has 0 fully saturated rings. The molecule has 3 nitrogen and oxygen atoms in total.